The maximum atomic E-state index is 5.99. The van der Waals surface area contributed by atoms with E-state index in [9.17, 15) is 0 Å². The lowest BCUT2D eigenvalue weighted by Crippen LogP contribution is -2.13. The van der Waals surface area contributed by atoms with Crippen molar-refractivity contribution >= 4 is 0 Å². The van der Waals surface area contributed by atoms with Crippen molar-refractivity contribution in [3.63, 3.8) is 0 Å². The van der Waals surface area contributed by atoms with E-state index < -0.39 is 0 Å². The Bertz CT molecular complexity index is 585. The fourth-order valence-corrected chi connectivity index (χ4v) is 2.12. The highest BCUT2D eigenvalue weighted by Gasteiger charge is 2.07. The minimum absolute atomic E-state index is 0.432. The number of hydrogen-bond acceptors (Lipinski definition) is 4. The molecular formula is C17H22N2O2. The quantitative estimate of drug-likeness (QED) is 0.849. The number of aryl methyl sites for hydroxylation is 1. The molecule has 1 aromatic heterocycles. The molecule has 0 aliphatic rings. The summed E-state index contributed by atoms with van der Waals surface area (Å²) in [6.45, 7) is 6.32. The highest BCUT2D eigenvalue weighted by molar-refractivity contribution is 5.40. The SMILES string of the molecule is CCNCc1cccc(C)c1OCc1cccc(OC)n1. The van der Waals surface area contributed by atoms with Crippen LogP contribution in [0.2, 0.25) is 0 Å². The third kappa shape index (κ3) is 4.20. The molecule has 0 spiro atoms. The normalized spacial score (nSPS) is 10.4. The molecule has 0 aliphatic heterocycles. The summed E-state index contributed by atoms with van der Waals surface area (Å²) in [6, 6.07) is 11.9. The summed E-state index contributed by atoms with van der Waals surface area (Å²) < 4.78 is 11.1. The van der Waals surface area contributed by atoms with Crippen LogP contribution < -0.4 is 14.8 Å². The van der Waals surface area contributed by atoms with Gasteiger partial charge in [-0.05, 0) is 25.1 Å². The van der Waals surface area contributed by atoms with Gasteiger partial charge in [0.25, 0.3) is 0 Å². The second kappa shape index (κ2) is 7.64. The summed E-state index contributed by atoms with van der Waals surface area (Å²) in [7, 11) is 1.61. The zero-order valence-electron chi connectivity index (χ0n) is 12.8. The van der Waals surface area contributed by atoms with Crippen LogP contribution in [0.25, 0.3) is 0 Å². The van der Waals surface area contributed by atoms with Crippen molar-refractivity contribution in [2.75, 3.05) is 13.7 Å². The van der Waals surface area contributed by atoms with Crippen molar-refractivity contribution in [1.82, 2.24) is 10.3 Å². The van der Waals surface area contributed by atoms with E-state index >= 15 is 0 Å². The van der Waals surface area contributed by atoms with Crippen molar-refractivity contribution in [2.24, 2.45) is 0 Å². The first-order chi connectivity index (χ1) is 10.2. The number of ether oxygens (including phenoxy) is 2. The van der Waals surface area contributed by atoms with Crippen LogP contribution in [0.1, 0.15) is 23.7 Å². The molecule has 1 aromatic carbocycles. The fraction of sp³-hybridized carbons (Fsp3) is 0.353. The molecule has 0 saturated heterocycles. The summed E-state index contributed by atoms with van der Waals surface area (Å²) in [5.74, 6) is 1.54. The van der Waals surface area contributed by atoms with Gasteiger partial charge in [-0.25, -0.2) is 4.98 Å². The fourth-order valence-electron chi connectivity index (χ4n) is 2.12. The highest BCUT2D eigenvalue weighted by atomic mass is 16.5. The minimum atomic E-state index is 0.432. The van der Waals surface area contributed by atoms with Crippen LogP contribution in [-0.4, -0.2) is 18.6 Å². The lowest BCUT2D eigenvalue weighted by molar-refractivity contribution is 0.292. The van der Waals surface area contributed by atoms with Gasteiger partial charge in [-0.3, -0.25) is 0 Å². The van der Waals surface area contributed by atoms with Gasteiger partial charge >= 0.3 is 0 Å². The maximum absolute atomic E-state index is 5.99. The van der Waals surface area contributed by atoms with Crippen LogP contribution in [0.4, 0.5) is 0 Å². The average molecular weight is 286 g/mol. The molecule has 2 aromatic rings. The topological polar surface area (TPSA) is 43.4 Å². The second-order valence-corrected chi connectivity index (χ2v) is 4.80. The Hall–Kier alpha value is -2.07. The monoisotopic (exact) mass is 286 g/mol. The predicted octanol–water partition coefficient (Wildman–Crippen LogP) is 3.09. The van der Waals surface area contributed by atoms with Gasteiger partial charge in [0, 0.05) is 18.2 Å². The molecule has 0 bridgehead atoms. The average Bonchev–Trinajstić information content (AvgIpc) is 2.52. The molecule has 0 radical (unpaired) electrons. The molecular weight excluding hydrogens is 264 g/mol. The number of benzene rings is 1. The third-order valence-corrected chi connectivity index (χ3v) is 3.21. The van der Waals surface area contributed by atoms with Gasteiger partial charge < -0.3 is 14.8 Å². The Balaban J connectivity index is 2.11. The van der Waals surface area contributed by atoms with Crippen LogP contribution in [0.3, 0.4) is 0 Å². The number of methoxy groups -OCH3 is 1. The molecule has 0 amide bonds. The van der Waals surface area contributed by atoms with Gasteiger partial charge in [0.15, 0.2) is 0 Å². The number of hydrogen-bond donors (Lipinski definition) is 1. The molecule has 4 heteroatoms. The van der Waals surface area contributed by atoms with Crippen molar-refractivity contribution < 1.29 is 9.47 Å². The molecule has 112 valence electrons. The first kappa shape index (κ1) is 15.3. The third-order valence-electron chi connectivity index (χ3n) is 3.21. The van der Waals surface area contributed by atoms with Gasteiger partial charge in [0.05, 0.1) is 12.8 Å². The number of aromatic nitrogens is 1. The Labute approximate surface area is 126 Å². The number of nitrogens with one attached hydrogen (secondary N) is 1. The Kier molecular flexibility index (Phi) is 5.58. The van der Waals surface area contributed by atoms with Crippen molar-refractivity contribution in [2.45, 2.75) is 27.0 Å². The molecule has 0 saturated carbocycles. The first-order valence-electron chi connectivity index (χ1n) is 7.16. The van der Waals surface area contributed by atoms with E-state index in [1.807, 2.05) is 18.2 Å². The Morgan fingerprint density at radius 2 is 1.95 bits per heavy atom. The Morgan fingerprint density at radius 1 is 1.14 bits per heavy atom. The smallest absolute Gasteiger partial charge is 0.213 e. The van der Waals surface area contributed by atoms with Crippen LogP contribution in [0.5, 0.6) is 11.6 Å². The summed E-state index contributed by atoms with van der Waals surface area (Å²) in [5, 5.41) is 3.33. The van der Waals surface area contributed by atoms with E-state index in [1.165, 1.54) is 5.56 Å². The molecule has 0 atom stereocenters. The van der Waals surface area contributed by atoms with E-state index in [0.29, 0.717) is 12.5 Å². The molecule has 4 nitrogen and oxygen atoms in total. The van der Waals surface area contributed by atoms with Gasteiger partial charge in [0.2, 0.25) is 5.88 Å². The van der Waals surface area contributed by atoms with E-state index in [-0.39, 0.29) is 0 Å². The predicted molar refractivity (Wildman–Crippen MR) is 83.7 cm³/mol. The molecule has 1 N–H and O–H groups in total. The van der Waals surface area contributed by atoms with Crippen molar-refractivity contribution in [3.05, 3.63) is 53.2 Å². The van der Waals surface area contributed by atoms with Crippen LogP contribution in [0, 0.1) is 6.92 Å². The van der Waals surface area contributed by atoms with E-state index in [0.717, 1.165) is 30.1 Å². The summed E-state index contributed by atoms with van der Waals surface area (Å²) in [5.41, 5.74) is 3.15. The summed E-state index contributed by atoms with van der Waals surface area (Å²) in [4.78, 5) is 4.36. The molecule has 0 fully saturated rings. The number of pyridine rings is 1. The van der Waals surface area contributed by atoms with Gasteiger partial charge in [0.1, 0.15) is 12.4 Å². The van der Waals surface area contributed by atoms with Crippen LogP contribution in [-0.2, 0) is 13.2 Å². The maximum Gasteiger partial charge on any atom is 0.213 e. The lowest BCUT2D eigenvalue weighted by atomic mass is 10.1. The molecule has 1 heterocycles. The summed E-state index contributed by atoms with van der Waals surface area (Å²) in [6.07, 6.45) is 0. The second-order valence-electron chi connectivity index (χ2n) is 4.80. The standard InChI is InChI=1S/C17H22N2O2/c1-4-18-11-14-8-5-7-13(2)17(14)21-12-15-9-6-10-16(19-15)20-3/h5-10,18H,4,11-12H2,1-3H3. The minimum Gasteiger partial charge on any atom is -0.487 e. The summed E-state index contributed by atoms with van der Waals surface area (Å²) >= 11 is 0. The Morgan fingerprint density at radius 3 is 2.71 bits per heavy atom. The van der Waals surface area contributed by atoms with Crippen LogP contribution >= 0.6 is 0 Å². The zero-order valence-corrected chi connectivity index (χ0v) is 12.8. The molecule has 2 rings (SSSR count). The highest BCUT2D eigenvalue weighted by Crippen LogP contribution is 2.24. The molecule has 21 heavy (non-hydrogen) atoms. The first-order valence-corrected chi connectivity index (χ1v) is 7.16. The zero-order chi connectivity index (χ0) is 15.1. The number of para-hydroxylation sites is 1. The van der Waals surface area contributed by atoms with E-state index in [1.54, 1.807) is 7.11 Å². The lowest BCUT2D eigenvalue weighted by Gasteiger charge is -2.14. The van der Waals surface area contributed by atoms with Crippen LogP contribution in [0.15, 0.2) is 36.4 Å². The largest absolute Gasteiger partial charge is 0.487 e. The van der Waals surface area contributed by atoms with E-state index in [2.05, 4.69) is 42.3 Å². The van der Waals surface area contributed by atoms with Crippen molar-refractivity contribution in [1.29, 1.82) is 0 Å². The van der Waals surface area contributed by atoms with Gasteiger partial charge in [-0.2, -0.15) is 0 Å². The van der Waals surface area contributed by atoms with Gasteiger partial charge in [-0.1, -0.05) is 31.2 Å². The van der Waals surface area contributed by atoms with E-state index in [4.69, 9.17) is 9.47 Å². The van der Waals surface area contributed by atoms with Gasteiger partial charge in [-0.15, -0.1) is 0 Å². The number of rotatable bonds is 7. The molecule has 0 aliphatic carbocycles. The van der Waals surface area contributed by atoms with Crippen molar-refractivity contribution in [3.8, 4) is 11.6 Å². The number of nitrogens with zero attached hydrogens (tertiary/aromatic N) is 1. The molecule has 0 unspecified atom stereocenters.